The standard InChI is InChI=1S/C31H25BrFN3O3S/c1-20(29(37)35-27-13-6-5-12-26(27)33)40-25-11-7-10-24(19-25)34-31(39)28(18-21-14-16-23(32)17-15-21)36-30(38)22-8-3-2-4-9-22/h2-20H,1H3,(H,34,39)(H,35,37)(H,36,38)/b28-18-. The molecule has 202 valence electrons. The van der Waals surface area contributed by atoms with E-state index in [4.69, 9.17) is 0 Å². The van der Waals surface area contributed by atoms with Gasteiger partial charge in [-0.25, -0.2) is 4.39 Å². The van der Waals surface area contributed by atoms with Crippen LogP contribution >= 0.6 is 27.7 Å². The van der Waals surface area contributed by atoms with Crippen LogP contribution in [0.5, 0.6) is 0 Å². The minimum atomic E-state index is -0.538. The van der Waals surface area contributed by atoms with Crippen LogP contribution in [0.15, 0.2) is 118 Å². The van der Waals surface area contributed by atoms with Crippen molar-refractivity contribution in [3.63, 3.8) is 0 Å². The van der Waals surface area contributed by atoms with Gasteiger partial charge in [0.25, 0.3) is 11.8 Å². The van der Waals surface area contributed by atoms with Gasteiger partial charge in [-0.15, -0.1) is 11.8 Å². The molecule has 1 unspecified atom stereocenters. The van der Waals surface area contributed by atoms with Crippen molar-refractivity contribution in [2.45, 2.75) is 17.1 Å². The van der Waals surface area contributed by atoms with Crippen LogP contribution in [0, 0.1) is 5.82 Å². The average molecular weight is 619 g/mol. The normalized spacial score (nSPS) is 11.8. The predicted molar refractivity (Wildman–Crippen MR) is 161 cm³/mol. The number of benzene rings is 4. The molecule has 0 saturated carbocycles. The van der Waals surface area contributed by atoms with Crippen molar-refractivity contribution < 1.29 is 18.8 Å². The lowest BCUT2D eigenvalue weighted by Crippen LogP contribution is -2.30. The largest absolute Gasteiger partial charge is 0.323 e. The third-order valence-corrected chi connectivity index (χ3v) is 7.24. The zero-order chi connectivity index (χ0) is 28.5. The Bertz CT molecular complexity index is 1550. The number of para-hydroxylation sites is 1. The number of anilines is 2. The lowest BCUT2D eigenvalue weighted by atomic mass is 10.1. The minimum absolute atomic E-state index is 0.0619. The Morgan fingerprint density at radius 3 is 2.27 bits per heavy atom. The number of carbonyl (C=O) groups is 3. The molecule has 4 aromatic carbocycles. The number of carbonyl (C=O) groups excluding carboxylic acids is 3. The first kappa shape index (κ1) is 28.8. The molecule has 9 heteroatoms. The molecule has 0 saturated heterocycles. The number of hydrogen-bond donors (Lipinski definition) is 3. The van der Waals surface area contributed by atoms with Crippen molar-refractivity contribution in [1.82, 2.24) is 5.32 Å². The third kappa shape index (κ3) is 8.14. The highest BCUT2D eigenvalue weighted by atomic mass is 79.9. The van der Waals surface area contributed by atoms with E-state index in [0.29, 0.717) is 11.3 Å². The summed E-state index contributed by atoms with van der Waals surface area (Å²) in [6.07, 6.45) is 1.59. The van der Waals surface area contributed by atoms with Gasteiger partial charge in [0, 0.05) is 20.6 Å². The van der Waals surface area contributed by atoms with E-state index < -0.39 is 22.9 Å². The van der Waals surface area contributed by atoms with E-state index >= 15 is 0 Å². The van der Waals surface area contributed by atoms with E-state index in [9.17, 15) is 18.8 Å². The van der Waals surface area contributed by atoms with Crippen LogP contribution < -0.4 is 16.0 Å². The first-order valence-electron chi connectivity index (χ1n) is 12.3. The van der Waals surface area contributed by atoms with Gasteiger partial charge in [0.1, 0.15) is 11.5 Å². The number of thioether (sulfide) groups is 1. The molecule has 0 aliphatic heterocycles. The summed E-state index contributed by atoms with van der Waals surface area (Å²) in [5.41, 5.74) is 1.79. The van der Waals surface area contributed by atoms with Crippen LogP contribution in [-0.4, -0.2) is 23.0 Å². The van der Waals surface area contributed by atoms with Crippen LogP contribution in [-0.2, 0) is 9.59 Å². The highest BCUT2D eigenvalue weighted by Gasteiger charge is 2.18. The lowest BCUT2D eigenvalue weighted by molar-refractivity contribution is -0.115. The molecule has 40 heavy (non-hydrogen) atoms. The molecule has 4 aromatic rings. The Hall–Kier alpha value is -4.21. The highest BCUT2D eigenvalue weighted by molar-refractivity contribution is 9.10. The molecule has 3 amide bonds. The second-order valence-corrected chi connectivity index (χ2v) is 11.0. The molecule has 0 heterocycles. The second-order valence-electron chi connectivity index (χ2n) is 8.64. The quantitative estimate of drug-likeness (QED) is 0.138. The van der Waals surface area contributed by atoms with Crippen molar-refractivity contribution in [2.24, 2.45) is 0 Å². The zero-order valence-corrected chi connectivity index (χ0v) is 23.8. The number of amides is 3. The molecule has 6 nitrogen and oxygen atoms in total. The van der Waals surface area contributed by atoms with Gasteiger partial charge in [0.05, 0.1) is 10.9 Å². The van der Waals surface area contributed by atoms with Crippen LogP contribution in [0.1, 0.15) is 22.8 Å². The van der Waals surface area contributed by atoms with Gasteiger partial charge in [-0.1, -0.05) is 64.5 Å². The fourth-order valence-electron chi connectivity index (χ4n) is 3.57. The van der Waals surface area contributed by atoms with Crippen molar-refractivity contribution in [2.75, 3.05) is 10.6 Å². The van der Waals surface area contributed by atoms with Gasteiger partial charge in [0.15, 0.2) is 0 Å². The van der Waals surface area contributed by atoms with Crippen LogP contribution in [0.2, 0.25) is 0 Å². The van der Waals surface area contributed by atoms with Gasteiger partial charge in [-0.2, -0.15) is 0 Å². The van der Waals surface area contributed by atoms with E-state index in [1.807, 2.05) is 30.3 Å². The van der Waals surface area contributed by atoms with E-state index in [0.717, 1.165) is 14.9 Å². The summed E-state index contributed by atoms with van der Waals surface area (Å²) in [4.78, 5) is 39.5. The molecule has 0 radical (unpaired) electrons. The van der Waals surface area contributed by atoms with Gasteiger partial charge < -0.3 is 16.0 Å². The molecule has 3 N–H and O–H groups in total. The maximum absolute atomic E-state index is 13.9. The highest BCUT2D eigenvalue weighted by Crippen LogP contribution is 2.27. The van der Waals surface area contributed by atoms with E-state index in [2.05, 4.69) is 31.9 Å². The molecule has 0 aliphatic carbocycles. The Labute approximate surface area is 244 Å². The van der Waals surface area contributed by atoms with E-state index in [1.54, 1.807) is 73.7 Å². The number of nitrogens with one attached hydrogen (secondary N) is 3. The smallest absolute Gasteiger partial charge is 0.272 e. The second kappa shape index (κ2) is 13.7. The topological polar surface area (TPSA) is 87.3 Å². The Balaban J connectivity index is 1.48. The van der Waals surface area contributed by atoms with Gasteiger partial charge >= 0.3 is 0 Å². The maximum Gasteiger partial charge on any atom is 0.272 e. The molecule has 0 spiro atoms. The summed E-state index contributed by atoms with van der Waals surface area (Å²) in [7, 11) is 0. The maximum atomic E-state index is 13.9. The van der Waals surface area contributed by atoms with Crippen molar-refractivity contribution in [1.29, 1.82) is 0 Å². The SMILES string of the molecule is CC(Sc1cccc(NC(=O)/C(=C/c2ccc(Br)cc2)NC(=O)c2ccccc2)c1)C(=O)Nc1ccccc1F. The van der Waals surface area contributed by atoms with Crippen molar-refractivity contribution in [3.8, 4) is 0 Å². The molecular weight excluding hydrogens is 593 g/mol. The van der Waals surface area contributed by atoms with Gasteiger partial charge in [-0.3, -0.25) is 14.4 Å². The summed E-state index contributed by atoms with van der Waals surface area (Å²) < 4.78 is 14.8. The third-order valence-electron chi connectivity index (χ3n) is 5.62. The number of halogens is 2. The zero-order valence-electron chi connectivity index (χ0n) is 21.4. The summed E-state index contributed by atoms with van der Waals surface area (Å²) in [5, 5.41) is 7.60. The Kier molecular flexibility index (Phi) is 9.88. The van der Waals surface area contributed by atoms with Gasteiger partial charge in [-0.05, 0) is 73.2 Å². The minimum Gasteiger partial charge on any atom is -0.323 e. The van der Waals surface area contributed by atoms with Crippen LogP contribution in [0.25, 0.3) is 6.08 Å². The lowest BCUT2D eigenvalue weighted by Gasteiger charge is -2.14. The molecule has 0 aliphatic rings. The monoisotopic (exact) mass is 617 g/mol. The molecular formula is C31H25BrFN3O3S. The summed E-state index contributed by atoms with van der Waals surface area (Å²) in [5.74, 6) is -1.80. The summed E-state index contributed by atoms with van der Waals surface area (Å²) >= 11 is 4.66. The fraction of sp³-hybridized carbons (Fsp3) is 0.0645. The molecule has 1 atom stereocenters. The first-order chi connectivity index (χ1) is 19.3. The van der Waals surface area contributed by atoms with Crippen molar-refractivity contribution in [3.05, 3.63) is 130 Å². The number of rotatable bonds is 9. The Morgan fingerprint density at radius 1 is 0.850 bits per heavy atom. The number of hydrogen-bond acceptors (Lipinski definition) is 4. The van der Waals surface area contributed by atoms with Crippen molar-refractivity contribution >= 4 is 62.9 Å². The predicted octanol–water partition coefficient (Wildman–Crippen LogP) is 7.12. The van der Waals surface area contributed by atoms with E-state index in [-0.39, 0.29) is 17.3 Å². The summed E-state index contributed by atoms with van der Waals surface area (Å²) in [6.45, 7) is 1.71. The molecule has 0 bridgehead atoms. The molecule has 0 fully saturated rings. The van der Waals surface area contributed by atoms with Gasteiger partial charge in [0.2, 0.25) is 5.91 Å². The molecule has 0 aromatic heterocycles. The first-order valence-corrected chi connectivity index (χ1v) is 13.9. The Morgan fingerprint density at radius 2 is 1.55 bits per heavy atom. The van der Waals surface area contributed by atoms with Crippen LogP contribution in [0.3, 0.4) is 0 Å². The average Bonchev–Trinajstić information content (AvgIpc) is 2.95. The summed E-state index contributed by atoms with van der Waals surface area (Å²) in [6, 6.07) is 28.9. The van der Waals surface area contributed by atoms with Crippen LogP contribution in [0.4, 0.5) is 15.8 Å². The molecule has 4 rings (SSSR count). The van der Waals surface area contributed by atoms with E-state index in [1.165, 1.54) is 23.9 Å². The fourth-order valence-corrected chi connectivity index (χ4v) is 4.76.